The van der Waals surface area contributed by atoms with Crippen LogP contribution in [0.2, 0.25) is 0 Å². The quantitative estimate of drug-likeness (QED) is 0.442. The first-order valence-corrected chi connectivity index (χ1v) is 11.8. The van der Waals surface area contributed by atoms with E-state index in [4.69, 9.17) is 0 Å². The number of benzene rings is 3. The lowest BCUT2D eigenvalue weighted by Crippen LogP contribution is -2.33. The van der Waals surface area contributed by atoms with Crippen LogP contribution >= 0.6 is 0 Å². The van der Waals surface area contributed by atoms with Gasteiger partial charge in [0.25, 0.3) is 11.5 Å². The van der Waals surface area contributed by atoms with Crippen LogP contribution in [0.3, 0.4) is 0 Å². The normalized spacial score (nSPS) is 13.7. The molecule has 1 aliphatic heterocycles. The van der Waals surface area contributed by atoms with Crippen LogP contribution in [0.1, 0.15) is 35.3 Å². The number of aromatic nitrogens is 2. The number of nitrogens with zero attached hydrogens (tertiary/aromatic N) is 4. The van der Waals surface area contributed by atoms with Gasteiger partial charge in [-0.2, -0.15) is 9.78 Å². The van der Waals surface area contributed by atoms with E-state index in [2.05, 4.69) is 28.2 Å². The van der Waals surface area contributed by atoms with Crippen LogP contribution in [0.4, 0.5) is 5.69 Å². The Hall–Kier alpha value is -3.93. The average Bonchev–Trinajstić information content (AvgIpc) is 2.90. The van der Waals surface area contributed by atoms with Crippen LogP contribution in [0, 0.1) is 0 Å². The molecule has 0 atom stereocenters. The number of hydrogen-bond acceptors (Lipinski definition) is 4. The molecule has 6 nitrogen and oxygen atoms in total. The lowest BCUT2D eigenvalue weighted by atomic mass is 10.1. The summed E-state index contributed by atoms with van der Waals surface area (Å²) in [6.45, 7) is 2.55. The molecule has 0 N–H and O–H groups in total. The van der Waals surface area contributed by atoms with Gasteiger partial charge in [0.05, 0.1) is 11.1 Å². The monoisotopic (exact) mass is 452 g/mol. The van der Waals surface area contributed by atoms with E-state index in [0.29, 0.717) is 23.0 Å². The highest BCUT2D eigenvalue weighted by molar-refractivity contribution is 6.04. The first-order chi connectivity index (χ1) is 16.6. The van der Waals surface area contributed by atoms with Crippen LogP contribution in [0.15, 0.2) is 83.7 Å². The van der Waals surface area contributed by atoms with Crippen molar-refractivity contribution >= 4 is 22.4 Å². The van der Waals surface area contributed by atoms with Gasteiger partial charge in [-0.25, -0.2) is 0 Å². The van der Waals surface area contributed by atoms with Gasteiger partial charge in [0, 0.05) is 37.8 Å². The molecular formula is C28H28N4O2. The maximum atomic E-state index is 13.7. The molecule has 3 aromatic carbocycles. The first kappa shape index (κ1) is 21.9. The van der Waals surface area contributed by atoms with Crippen LogP contribution in [-0.4, -0.2) is 40.7 Å². The third kappa shape index (κ3) is 4.19. The maximum absolute atomic E-state index is 13.7. The molecule has 5 rings (SSSR count). The van der Waals surface area contributed by atoms with Crippen molar-refractivity contribution in [2.24, 2.45) is 0 Å². The summed E-state index contributed by atoms with van der Waals surface area (Å²) in [5, 5.41) is 5.60. The number of hydrogen-bond donors (Lipinski definition) is 0. The molecule has 2 heterocycles. The van der Waals surface area contributed by atoms with E-state index in [9.17, 15) is 9.59 Å². The molecular weight excluding hydrogens is 424 g/mol. The predicted molar refractivity (Wildman–Crippen MR) is 136 cm³/mol. The Morgan fingerprint density at radius 1 is 0.853 bits per heavy atom. The Kier molecular flexibility index (Phi) is 6.12. The SMILES string of the molecule is CN(Cc1ccccc1N1CCCCC1)C(=O)c1nn(-c2ccccc2)c(=O)c2ccccc12. The van der Waals surface area contributed by atoms with E-state index in [1.807, 2.05) is 48.5 Å². The number of anilines is 1. The zero-order valence-corrected chi connectivity index (χ0v) is 19.4. The highest BCUT2D eigenvalue weighted by Crippen LogP contribution is 2.26. The molecule has 1 aliphatic rings. The number of amides is 1. The minimum atomic E-state index is -0.239. The maximum Gasteiger partial charge on any atom is 0.279 e. The smallest absolute Gasteiger partial charge is 0.279 e. The second kappa shape index (κ2) is 9.51. The molecule has 1 saturated heterocycles. The van der Waals surface area contributed by atoms with E-state index < -0.39 is 0 Å². The molecule has 4 aromatic rings. The number of rotatable bonds is 5. The predicted octanol–water partition coefficient (Wildman–Crippen LogP) is 4.65. The van der Waals surface area contributed by atoms with Crippen LogP contribution in [-0.2, 0) is 6.54 Å². The largest absolute Gasteiger partial charge is 0.371 e. The van der Waals surface area contributed by atoms with Crippen molar-refractivity contribution in [3.05, 3.63) is 100 Å². The van der Waals surface area contributed by atoms with E-state index in [-0.39, 0.29) is 17.2 Å². The van der Waals surface area contributed by atoms with Gasteiger partial charge in [-0.15, -0.1) is 0 Å². The molecule has 1 aromatic heterocycles. The fourth-order valence-electron chi connectivity index (χ4n) is 4.69. The van der Waals surface area contributed by atoms with Gasteiger partial charge in [0.15, 0.2) is 5.69 Å². The minimum absolute atomic E-state index is 0.214. The Balaban J connectivity index is 1.52. The fraction of sp³-hybridized carbons (Fsp3) is 0.250. The summed E-state index contributed by atoms with van der Waals surface area (Å²) in [6, 6.07) is 24.7. The van der Waals surface area contributed by atoms with Crippen molar-refractivity contribution in [1.29, 1.82) is 0 Å². The second-order valence-electron chi connectivity index (χ2n) is 8.78. The summed E-state index contributed by atoms with van der Waals surface area (Å²) in [7, 11) is 1.80. The summed E-state index contributed by atoms with van der Waals surface area (Å²) >= 11 is 0. The number of fused-ring (bicyclic) bond motifs is 1. The fourth-order valence-corrected chi connectivity index (χ4v) is 4.69. The molecule has 0 unspecified atom stereocenters. The molecule has 0 bridgehead atoms. The van der Waals surface area contributed by atoms with Gasteiger partial charge >= 0.3 is 0 Å². The summed E-state index contributed by atoms with van der Waals surface area (Å²) < 4.78 is 1.32. The van der Waals surface area contributed by atoms with Gasteiger partial charge < -0.3 is 9.80 Å². The molecule has 0 aliphatic carbocycles. The molecule has 6 heteroatoms. The van der Waals surface area contributed by atoms with E-state index in [0.717, 1.165) is 18.7 Å². The third-order valence-corrected chi connectivity index (χ3v) is 6.45. The van der Waals surface area contributed by atoms with Crippen molar-refractivity contribution in [3.8, 4) is 5.69 Å². The van der Waals surface area contributed by atoms with Crippen molar-refractivity contribution in [2.45, 2.75) is 25.8 Å². The molecule has 0 saturated carbocycles. The minimum Gasteiger partial charge on any atom is -0.371 e. The number of piperidine rings is 1. The molecule has 172 valence electrons. The molecule has 0 radical (unpaired) electrons. The van der Waals surface area contributed by atoms with Gasteiger partial charge in [0.2, 0.25) is 0 Å². The molecule has 0 spiro atoms. The lowest BCUT2D eigenvalue weighted by Gasteiger charge is -2.31. The lowest BCUT2D eigenvalue weighted by molar-refractivity contribution is 0.0779. The zero-order chi connectivity index (χ0) is 23.5. The van der Waals surface area contributed by atoms with Crippen molar-refractivity contribution in [3.63, 3.8) is 0 Å². The highest BCUT2D eigenvalue weighted by Gasteiger charge is 2.22. The topological polar surface area (TPSA) is 58.4 Å². The Morgan fingerprint density at radius 3 is 2.26 bits per heavy atom. The molecule has 1 fully saturated rings. The Labute approximate surface area is 199 Å². The summed E-state index contributed by atoms with van der Waals surface area (Å²) in [5.41, 5.74) is 2.97. The number of para-hydroxylation sites is 2. The van der Waals surface area contributed by atoms with Gasteiger partial charge in [-0.3, -0.25) is 9.59 Å². The summed E-state index contributed by atoms with van der Waals surface area (Å²) in [5.74, 6) is -0.214. The van der Waals surface area contributed by atoms with Crippen molar-refractivity contribution in [1.82, 2.24) is 14.7 Å². The van der Waals surface area contributed by atoms with Gasteiger partial charge in [-0.1, -0.05) is 54.6 Å². The summed E-state index contributed by atoms with van der Waals surface area (Å²) in [6.07, 6.45) is 3.66. The van der Waals surface area contributed by atoms with Crippen molar-refractivity contribution in [2.75, 3.05) is 25.0 Å². The molecule has 1 amide bonds. The average molecular weight is 453 g/mol. The number of carbonyl (C=O) groups excluding carboxylic acids is 1. The molecule has 34 heavy (non-hydrogen) atoms. The second-order valence-corrected chi connectivity index (χ2v) is 8.78. The third-order valence-electron chi connectivity index (χ3n) is 6.45. The van der Waals surface area contributed by atoms with Crippen molar-refractivity contribution < 1.29 is 4.79 Å². The first-order valence-electron chi connectivity index (χ1n) is 11.8. The van der Waals surface area contributed by atoms with Gasteiger partial charge in [-0.05, 0) is 49.1 Å². The number of carbonyl (C=O) groups is 1. The van der Waals surface area contributed by atoms with E-state index >= 15 is 0 Å². The summed E-state index contributed by atoms with van der Waals surface area (Å²) in [4.78, 5) is 30.9. The van der Waals surface area contributed by atoms with E-state index in [1.165, 1.54) is 29.6 Å². The van der Waals surface area contributed by atoms with E-state index in [1.54, 1.807) is 24.1 Å². The standard InChI is InChI=1S/C28H28N4O2/c1-30(20-21-12-6-9-17-25(21)31-18-10-3-11-19-31)28(34)26-23-15-7-8-16-24(23)27(33)32(29-26)22-13-4-2-5-14-22/h2,4-9,12-17H,3,10-11,18-20H2,1H3. The zero-order valence-electron chi connectivity index (χ0n) is 19.4. The van der Waals surface area contributed by atoms with Crippen LogP contribution in [0.5, 0.6) is 0 Å². The van der Waals surface area contributed by atoms with Crippen LogP contribution < -0.4 is 10.5 Å². The van der Waals surface area contributed by atoms with Gasteiger partial charge in [0.1, 0.15) is 0 Å². The highest BCUT2D eigenvalue weighted by atomic mass is 16.2. The Bertz CT molecular complexity index is 1370. The van der Waals surface area contributed by atoms with Crippen LogP contribution in [0.25, 0.3) is 16.5 Å². The Morgan fingerprint density at radius 2 is 1.50 bits per heavy atom.